The molecule has 0 aromatic rings. The number of nitrogens with zero attached hydrogens (tertiary/aromatic N) is 1. The highest BCUT2D eigenvalue weighted by Crippen LogP contribution is 2.37. The van der Waals surface area contributed by atoms with E-state index in [1.54, 1.807) is 0 Å². The van der Waals surface area contributed by atoms with Crippen molar-refractivity contribution in [2.75, 3.05) is 26.3 Å². The van der Waals surface area contributed by atoms with E-state index in [1.165, 1.54) is 19.3 Å². The number of carbonyl (C=O) groups is 1. The Hall–Kier alpha value is -0.570. The lowest BCUT2D eigenvalue weighted by Crippen LogP contribution is -2.33. The van der Waals surface area contributed by atoms with Crippen LogP contribution in [0.1, 0.15) is 46.0 Å². The first-order valence-corrected chi connectivity index (χ1v) is 7.04. The van der Waals surface area contributed by atoms with Gasteiger partial charge in [-0.15, -0.1) is 0 Å². The number of rotatable bonds is 4. The highest BCUT2D eigenvalue weighted by Gasteiger charge is 2.37. The summed E-state index contributed by atoms with van der Waals surface area (Å²) in [5.74, 6) is 0.824. The van der Waals surface area contributed by atoms with E-state index >= 15 is 0 Å². The van der Waals surface area contributed by atoms with Crippen LogP contribution in [0.2, 0.25) is 0 Å². The van der Waals surface area contributed by atoms with Crippen molar-refractivity contribution in [1.82, 2.24) is 4.90 Å². The van der Waals surface area contributed by atoms with Crippen molar-refractivity contribution >= 4 is 5.91 Å². The summed E-state index contributed by atoms with van der Waals surface area (Å²) in [4.78, 5) is 14.3. The first-order chi connectivity index (χ1) is 8.19. The molecule has 1 amide bonds. The van der Waals surface area contributed by atoms with Gasteiger partial charge in [0.05, 0.1) is 0 Å². The monoisotopic (exact) mass is 239 g/mol. The fourth-order valence-electron chi connectivity index (χ4n) is 3.10. The molecule has 98 valence electrons. The van der Waals surface area contributed by atoms with Gasteiger partial charge < -0.3 is 9.64 Å². The quantitative estimate of drug-likeness (QED) is 0.754. The van der Waals surface area contributed by atoms with Gasteiger partial charge in [0.25, 0.3) is 0 Å². The molecule has 2 rings (SSSR count). The Kier molecular flexibility index (Phi) is 4.08. The molecule has 3 nitrogen and oxygen atoms in total. The Balaban J connectivity index is 1.84. The second-order valence-corrected chi connectivity index (χ2v) is 5.71. The van der Waals surface area contributed by atoms with Crippen LogP contribution in [0.25, 0.3) is 0 Å². The van der Waals surface area contributed by atoms with Crippen LogP contribution in [0.3, 0.4) is 0 Å². The van der Waals surface area contributed by atoms with Crippen molar-refractivity contribution in [3.63, 3.8) is 0 Å². The molecule has 0 saturated carbocycles. The van der Waals surface area contributed by atoms with Crippen molar-refractivity contribution < 1.29 is 9.53 Å². The zero-order chi connectivity index (χ0) is 12.3. The van der Waals surface area contributed by atoms with Crippen LogP contribution >= 0.6 is 0 Å². The molecule has 0 radical (unpaired) electrons. The Bertz CT molecular complexity index is 267. The average Bonchev–Trinajstić information content (AvgIpc) is 2.97. The Morgan fingerprint density at radius 2 is 2.18 bits per heavy atom. The van der Waals surface area contributed by atoms with Crippen LogP contribution in [-0.4, -0.2) is 37.1 Å². The van der Waals surface area contributed by atoms with Crippen molar-refractivity contribution in [1.29, 1.82) is 0 Å². The molecule has 3 heteroatoms. The minimum atomic E-state index is 0.351. The second kappa shape index (κ2) is 5.38. The molecule has 0 aliphatic carbocycles. The Labute approximate surface area is 105 Å². The maximum atomic E-state index is 12.2. The van der Waals surface area contributed by atoms with E-state index < -0.39 is 0 Å². The number of likely N-dealkylation sites (tertiary alicyclic amines) is 1. The highest BCUT2D eigenvalue weighted by molar-refractivity contribution is 5.76. The van der Waals surface area contributed by atoms with Gasteiger partial charge in [-0.05, 0) is 37.0 Å². The third-order valence-corrected chi connectivity index (χ3v) is 4.78. The van der Waals surface area contributed by atoms with Crippen molar-refractivity contribution in [2.24, 2.45) is 11.3 Å². The molecule has 0 bridgehead atoms. The van der Waals surface area contributed by atoms with Gasteiger partial charge in [0, 0.05) is 32.7 Å². The molecule has 17 heavy (non-hydrogen) atoms. The molecule has 2 aliphatic heterocycles. The lowest BCUT2D eigenvalue weighted by molar-refractivity contribution is -0.131. The normalized spacial score (nSPS) is 27.6. The van der Waals surface area contributed by atoms with Gasteiger partial charge in [0.15, 0.2) is 0 Å². The number of hydrogen-bond acceptors (Lipinski definition) is 2. The summed E-state index contributed by atoms with van der Waals surface area (Å²) in [6, 6.07) is 0. The highest BCUT2D eigenvalue weighted by atomic mass is 16.5. The first kappa shape index (κ1) is 12.9. The minimum Gasteiger partial charge on any atom is -0.381 e. The summed E-state index contributed by atoms with van der Waals surface area (Å²) in [5.41, 5.74) is 0.405. The van der Waals surface area contributed by atoms with E-state index in [9.17, 15) is 4.79 Å². The number of ether oxygens (including phenoxy) is 1. The van der Waals surface area contributed by atoms with Crippen LogP contribution in [0.4, 0.5) is 0 Å². The average molecular weight is 239 g/mol. The molecule has 2 heterocycles. The topological polar surface area (TPSA) is 29.5 Å². The number of hydrogen-bond donors (Lipinski definition) is 0. The third kappa shape index (κ3) is 2.82. The fourth-order valence-corrected chi connectivity index (χ4v) is 3.10. The number of amides is 1. The molecular formula is C14H25NO2. The minimum absolute atomic E-state index is 0.351. The van der Waals surface area contributed by atoms with E-state index in [0.717, 1.165) is 32.7 Å². The van der Waals surface area contributed by atoms with Crippen molar-refractivity contribution in [3.05, 3.63) is 0 Å². The molecule has 0 N–H and O–H groups in total. The SMILES string of the molecule is CCC1(CC)CCN(C(=O)C[C@H]2CCOC2)C1. The van der Waals surface area contributed by atoms with Crippen LogP contribution in [0, 0.1) is 11.3 Å². The largest absolute Gasteiger partial charge is 0.381 e. The van der Waals surface area contributed by atoms with E-state index in [-0.39, 0.29) is 0 Å². The summed E-state index contributed by atoms with van der Waals surface area (Å²) in [5, 5.41) is 0. The zero-order valence-corrected chi connectivity index (χ0v) is 11.2. The van der Waals surface area contributed by atoms with Gasteiger partial charge in [0.2, 0.25) is 5.91 Å². The summed E-state index contributed by atoms with van der Waals surface area (Å²) in [7, 11) is 0. The van der Waals surface area contributed by atoms with Gasteiger partial charge >= 0.3 is 0 Å². The standard InChI is InChI=1S/C14H25NO2/c1-3-14(4-2)6-7-15(11-14)13(16)9-12-5-8-17-10-12/h12H,3-11H2,1-2H3/t12-/m1/s1. The van der Waals surface area contributed by atoms with E-state index in [4.69, 9.17) is 4.74 Å². The van der Waals surface area contributed by atoms with Crippen LogP contribution in [0.15, 0.2) is 0 Å². The molecule has 0 aromatic carbocycles. The Morgan fingerprint density at radius 1 is 1.41 bits per heavy atom. The summed E-state index contributed by atoms with van der Waals surface area (Å²) in [6.45, 7) is 8.07. The molecule has 2 fully saturated rings. The molecule has 0 spiro atoms. The van der Waals surface area contributed by atoms with Gasteiger partial charge in [-0.25, -0.2) is 0 Å². The van der Waals surface area contributed by atoms with Crippen molar-refractivity contribution in [3.8, 4) is 0 Å². The third-order valence-electron chi connectivity index (χ3n) is 4.78. The van der Waals surface area contributed by atoms with E-state index in [0.29, 0.717) is 23.7 Å². The first-order valence-electron chi connectivity index (χ1n) is 7.04. The maximum Gasteiger partial charge on any atom is 0.222 e. The zero-order valence-electron chi connectivity index (χ0n) is 11.2. The van der Waals surface area contributed by atoms with Crippen LogP contribution in [-0.2, 0) is 9.53 Å². The summed E-state index contributed by atoms with van der Waals surface area (Å²) >= 11 is 0. The second-order valence-electron chi connectivity index (χ2n) is 5.71. The Morgan fingerprint density at radius 3 is 2.71 bits per heavy atom. The lowest BCUT2D eigenvalue weighted by atomic mass is 9.82. The van der Waals surface area contributed by atoms with Gasteiger partial charge in [-0.3, -0.25) is 4.79 Å². The van der Waals surface area contributed by atoms with Gasteiger partial charge in [-0.2, -0.15) is 0 Å². The molecule has 0 aromatic heterocycles. The molecular weight excluding hydrogens is 214 g/mol. The van der Waals surface area contributed by atoms with E-state index in [1.807, 2.05) is 0 Å². The van der Waals surface area contributed by atoms with Crippen LogP contribution < -0.4 is 0 Å². The molecule has 2 saturated heterocycles. The molecule has 0 unspecified atom stereocenters. The van der Waals surface area contributed by atoms with Crippen molar-refractivity contribution in [2.45, 2.75) is 46.0 Å². The molecule has 2 aliphatic rings. The summed E-state index contributed by atoms with van der Waals surface area (Å²) in [6.07, 6.45) is 5.34. The maximum absolute atomic E-state index is 12.2. The molecule has 1 atom stereocenters. The van der Waals surface area contributed by atoms with E-state index in [2.05, 4.69) is 18.7 Å². The predicted molar refractivity (Wildman–Crippen MR) is 67.8 cm³/mol. The number of carbonyl (C=O) groups excluding carboxylic acids is 1. The predicted octanol–water partition coefficient (Wildman–Crippen LogP) is 2.45. The van der Waals surface area contributed by atoms with Gasteiger partial charge in [0.1, 0.15) is 0 Å². The lowest BCUT2D eigenvalue weighted by Gasteiger charge is -2.26. The van der Waals surface area contributed by atoms with Crippen LogP contribution in [0.5, 0.6) is 0 Å². The summed E-state index contributed by atoms with van der Waals surface area (Å²) < 4.78 is 5.33. The smallest absolute Gasteiger partial charge is 0.222 e. The fraction of sp³-hybridized carbons (Fsp3) is 0.929. The van der Waals surface area contributed by atoms with Gasteiger partial charge in [-0.1, -0.05) is 13.8 Å².